The van der Waals surface area contributed by atoms with E-state index in [2.05, 4.69) is 14.8 Å². The smallest absolute Gasteiger partial charge is 0.340 e. The Morgan fingerprint density at radius 1 is 1.25 bits per heavy atom. The maximum absolute atomic E-state index is 12.4. The molecule has 3 heterocycles. The first kappa shape index (κ1) is 20.4. The predicted molar refractivity (Wildman–Crippen MR) is 118 cm³/mol. The van der Waals surface area contributed by atoms with Crippen molar-refractivity contribution in [3.05, 3.63) is 52.2 Å². The van der Waals surface area contributed by atoms with Gasteiger partial charge in [0.25, 0.3) is 0 Å². The van der Waals surface area contributed by atoms with Gasteiger partial charge in [0.05, 0.1) is 19.1 Å². The SMILES string of the molecule is COC(=O)c1c(C)n(C2CC2)c2ccc(OC(=O)CCc3nnc(-c4ccsc4)o3)cc12. The first-order valence-corrected chi connectivity index (χ1v) is 11.3. The Hall–Kier alpha value is -3.46. The van der Waals surface area contributed by atoms with Crippen LogP contribution >= 0.6 is 11.3 Å². The minimum Gasteiger partial charge on any atom is -0.465 e. The lowest BCUT2D eigenvalue weighted by Crippen LogP contribution is -2.09. The van der Waals surface area contributed by atoms with E-state index < -0.39 is 11.9 Å². The third-order valence-electron chi connectivity index (χ3n) is 5.53. The first-order chi connectivity index (χ1) is 15.5. The minimum atomic E-state index is -0.419. The number of methoxy groups -OCH3 is 1. The molecular formula is C23H21N3O5S. The molecule has 1 fully saturated rings. The second-order valence-corrected chi connectivity index (χ2v) is 8.50. The fourth-order valence-electron chi connectivity index (χ4n) is 3.90. The summed E-state index contributed by atoms with van der Waals surface area (Å²) >= 11 is 1.54. The molecule has 0 amide bonds. The predicted octanol–water partition coefficient (Wildman–Crippen LogP) is 4.72. The second kappa shape index (κ2) is 8.23. The van der Waals surface area contributed by atoms with Gasteiger partial charge in [-0.25, -0.2) is 4.79 Å². The number of rotatable bonds is 7. The number of carbonyl (C=O) groups is 2. The van der Waals surface area contributed by atoms with Crippen molar-refractivity contribution < 1.29 is 23.5 Å². The van der Waals surface area contributed by atoms with Crippen molar-refractivity contribution in [3.8, 4) is 17.2 Å². The summed E-state index contributed by atoms with van der Waals surface area (Å²) in [5, 5.41) is 12.6. The fraction of sp³-hybridized carbons (Fsp3) is 0.304. The number of ether oxygens (including phenoxy) is 2. The summed E-state index contributed by atoms with van der Waals surface area (Å²) in [4.78, 5) is 24.8. The highest BCUT2D eigenvalue weighted by atomic mass is 32.1. The van der Waals surface area contributed by atoms with E-state index in [0.29, 0.717) is 29.1 Å². The highest BCUT2D eigenvalue weighted by Gasteiger charge is 2.30. The number of esters is 2. The molecule has 3 aromatic heterocycles. The van der Waals surface area contributed by atoms with Gasteiger partial charge in [-0.1, -0.05) is 0 Å². The maximum Gasteiger partial charge on any atom is 0.340 e. The van der Waals surface area contributed by atoms with Crippen LogP contribution in [0.15, 0.2) is 39.4 Å². The number of aryl methyl sites for hydroxylation is 1. The summed E-state index contributed by atoms with van der Waals surface area (Å²) in [7, 11) is 1.37. The van der Waals surface area contributed by atoms with Gasteiger partial charge in [-0.3, -0.25) is 4.79 Å². The van der Waals surface area contributed by atoms with E-state index in [1.165, 1.54) is 7.11 Å². The summed E-state index contributed by atoms with van der Waals surface area (Å²) in [5.74, 6) is 0.380. The average Bonchev–Trinajstić information content (AvgIpc) is 3.18. The Kier molecular flexibility index (Phi) is 5.26. The van der Waals surface area contributed by atoms with E-state index in [1.54, 1.807) is 23.5 Å². The number of benzene rings is 1. The molecule has 0 bridgehead atoms. The standard InChI is InChI=1S/C23H21N3O5S/c1-13-21(23(28)29-2)17-11-16(5-6-18(17)26(13)15-3-4-15)30-20(27)8-7-19-24-25-22(31-19)14-9-10-32-12-14/h5-6,9-12,15H,3-4,7-8H2,1-2H3. The van der Waals surface area contributed by atoms with Gasteiger partial charge < -0.3 is 18.5 Å². The van der Waals surface area contributed by atoms with Gasteiger partial charge >= 0.3 is 11.9 Å². The van der Waals surface area contributed by atoms with Crippen LogP contribution in [-0.4, -0.2) is 33.8 Å². The molecule has 0 atom stereocenters. The largest absolute Gasteiger partial charge is 0.465 e. The van der Waals surface area contributed by atoms with Gasteiger partial charge in [0.2, 0.25) is 11.8 Å². The van der Waals surface area contributed by atoms with E-state index in [0.717, 1.165) is 35.0 Å². The van der Waals surface area contributed by atoms with Gasteiger partial charge in [0.15, 0.2) is 0 Å². The number of aromatic nitrogens is 3. The fourth-order valence-corrected chi connectivity index (χ4v) is 4.53. The van der Waals surface area contributed by atoms with Crippen LogP contribution in [0.1, 0.15) is 47.2 Å². The van der Waals surface area contributed by atoms with Crippen molar-refractivity contribution in [3.63, 3.8) is 0 Å². The number of hydrogen-bond acceptors (Lipinski definition) is 8. The number of carbonyl (C=O) groups excluding carboxylic acids is 2. The molecule has 1 aromatic carbocycles. The quantitative estimate of drug-likeness (QED) is 0.296. The number of thiophene rings is 1. The topological polar surface area (TPSA) is 96.5 Å². The van der Waals surface area contributed by atoms with Crippen molar-refractivity contribution in [2.45, 2.75) is 38.6 Å². The summed E-state index contributed by atoms with van der Waals surface area (Å²) in [6, 6.07) is 7.67. The Morgan fingerprint density at radius 2 is 2.09 bits per heavy atom. The van der Waals surface area contributed by atoms with E-state index in [9.17, 15) is 9.59 Å². The molecule has 8 nitrogen and oxygen atoms in total. The Balaban J connectivity index is 1.31. The zero-order chi connectivity index (χ0) is 22.2. The molecule has 4 aromatic rings. The lowest BCUT2D eigenvalue weighted by Gasteiger charge is -2.07. The van der Waals surface area contributed by atoms with Crippen molar-refractivity contribution in [1.29, 1.82) is 0 Å². The van der Waals surface area contributed by atoms with Gasteiger partial charge in [-0.15, -0.1) is 10.2 Å². The summed E-state index contributed by atoms with van der Waals surface area (Å²) in [6.07, 6.45) is 2.55. The summed E-state index contributed by atoms with van der Waals surface area (Å²) in [6.45, 7) is 1.92. The molecule has 0 aliphatic heterocycles. The van der Waals surface area contributed by atoms with Crippen molar-refractivity contribution in [2.75, 3.05) is 7.11 Å². The lowest BCUT2D eigenvalue weighted by molar-refractivity contribution is -0.134. The van der Waals surface area contributed by atoms with Crippen LogP contribution < -0.4 is 4.74 Å². The molecule has 0 radical (unpaired) electrons. The molecule has 9 heteroatoms. The monoisotopic (exact) mass is 451 g/mol. The molecule has 164 valence electrons. The lowest BCUT2D eigenvalue weighted by atomic mass is 10.1. The van der Waals surface area contributed by atoms with Gasteiger partial charge in [0, 0.05) is 40.0 Å². The van der Waals surface area contributed by atoms with Crippen LogP contribution in [0.4, 0.5) is 0 Å². The first-order valence-electron chi connectivity index (χ1n) is 10.3. The number of nitrogens with zero attached hydrogens (tertiary/aromatic N) is 3. The highest BCUT2D eigenvalue weighted by molar-refractivity contribution is 7.08. The number of hydrogen-bond donors (Lipinski definition) is 0. The van der Waals surface area contributed by atoms with Gasteiger partial charge in [-0.2, -0.15) is 11.3 Å². The van der Waals surface area contributed by atoms with Crippen LogP contribution in [0.3, 0.4) is 0 Å². The number of fused-ring (bicyclic) bond motifs is 1. The molecule has 0 unspecified atom stereocenters. The zero-order valence-electron chi connectivity index (χ0n) is 17.7. The zero-order valence-corrected chi connectivity index (χ0v) is 18.5. The highest BCUT2D eigenvalue weighted by Crippen LogP contribution is 2.42. The molecule has 5 rings (SSSR count). The van der Waals surface area contributed by atoms with Crippen LogP contribution in [0.25, 0.3) is 22.4 Å². The molecule has 32 heavy (non-hydrogen) atoms. The van der Waals surface area contributed by atoms with E-state index in [4.69, 9.17) is 13.9 Å². The summed E-state index contributed by atoms with van der Waals surface area (Å²) in [5.41, 5.74) is 3.19. The molecule has 1 aliphatic rings. The van der Waals surface area contributed by atoms with E-state index in [-0.39, 0.29) is 12.8 Å². The molecule has 0 saturated heterocycles. The normalized spacial score (nSPS) is 13.4. The van der Waals surface area contributed by atoms with Crippen LogP contribution in [0, 0.1) is 6.92 Å². The molecular weight excluding hydrogens is 430 g/mol. The average molecular weight is 452 g/mol. The van der Waals surface area contributed by atoms with Crippen LogP contribution in [0.5, 0.6) is 5.75 Å². The second-order valence-electron chi connectivity index (χ2n) is 7.72. The van der Waals surface area contributed by atoms with Gasteiger partial charge in [0.1, 0.15) is 5.75 Å². The Bertz CT molecular complexity index is 1300. The van der Waals surface area contributed by atoms with E-state index in [1.807, 2.05) is 29.8 Å². The molecule has 0 N–H and O–H groups in total. The van der Waals surface area contributed by atoms with E-state index >= 15 is 0 Å². The Labute approximate surface area is 187 Å². The maximum atomic E-state index is 12.4. The van der Waals surface area contributed by atoms with Crippen molar-refractivity contribution >= 4 is 34.2 Å². The minimum absolute atomic E-state index is 0.0925. The third kappa shape index (κ3) is 3.80. The molecule has 1 saturated carbocycles. The molecule has 0 spiro atoms. The molecule has 1 aliphatic carbocycles. The van der Waals surface area contributed by atoms with Crippen molar-refractivity contribution in [1.82, 2.24) is 14.8 Å². The third-order valence-corrected chi connectivity index (χ3v) is 6.21. The van der Waals surface area contributed by atoms with Crippen LogP contribution in [0.2, 0.25) is 0 Å². The van der Waals surface area contributed by atoms with Gasteiger partial charge in [-0.05, 0) is 49.4 Å². The van der Waals surface area contributed by atoms with Crippen LogP contribution in [-0.2, 0) is 16.0 Å². The van der Waals surface area contributed by atoms with Crippen molar-refractivity contribution in [2.24, 2.45) is 0 Å². The Morgan fingerprint density at radius 3 is 2.81 bits per heavy atom. The summed E-state index contributed by atoms with van der Waals surface area (Å²) < 4.78 is 18.3.